The van der Waals surface area contributed by atoms with Crippen LogP contribution in [0.15, 0.2) is 57.9 Å². The van der Waals surface area contributed by atoms with Gasteiger partial charge >= 0.3 is 0 Å². The first-order chi connectivity index (χ1) is 16.2. The molecule has 4 rings (SSSR count). The van der Waals surface area contributed by atoms with Gasteiger partial charge < -0.3 is 0 Å². The van der Waals surface area contributed by atoms with Crippen molar-refractivity contribution in [2.45, 2.75) is 72.0 Å². The lowest BCUT2D eigenvalue weighted by atomic mass is 10.0. The van der Waals surface area contributed by atoms with Gasteiger partial charge in [0.2, 0.25) is 0 Å². The van der Waals surface area contributed by atoms with Crippen molar-refractivity contribution in [1.29, 1.82) is 0 Å². The molecule has 0 bridgehead atoms. The van der Waals surface area contributed by atoms with Gasteiger partial charge in [-0.2, -0.15) is 5.10 Å². The van der Waals surface area contributed by atoms with Gasteiger partial charge in [-0.15, -0.1) is 5.11 Å². The molecule has 0 saturated carbocycles. The van der Waals surface area contributed by atoms with Crippen LogP contribution in [0.25, 0.3) is 11.3 Å². The number of benzene rings is 1. The van der Waals surface area contributed by atoms with Crippen molar-refractivity contribution in [2.24, 2.45) is 15.3 Å². The van der Waals surface area contributed by atoms with Crippen molar-refractivity contribution in [3.05, 3.63) is 65.4 Å². The molecule has 1 N–H and O–H groups in total. The van der Waals surface area contributed by atoms with Crippen LogP contribution in [0.4, 0.5) is 0 Å². The SMILES string of the molecule is CCCCc1nc(CCCC)n(Cc2ccc(-c3ccccc3C3=NC(C)N=NN3)nc2)n1. The quantitative estimate of drug-likeness (QED) is 0.469. The number of unbranched alkanes of at least 4 members (excludes halogenated alkanes) is 2. The minimum atomic E-state index is -0.198. The summed E-state index contributed by atoms with van der Waals surface area (Å²) in [5.41, 5.74) is 6.89. The van der Waals surface area contributed by atoms with Crippen LogP contribution in [-0.2, 0) is 19.4 Å². The summed E-state index contributed by atoms with van der Waals surface area (Å²) in [6.07, 6.45) is 8.16. The monoisotopic (exact) mass is 444 g/mol. The molecular weight excluding hydrogens is 412 g/mol. The molecule has 1 atom stereocenters. The summed E-state index contributed by atoms with van der Waals surface area (Å²) >= 11 is 0. The van der Waals surface area contributed by atoms with Gasteiger partial charge in [0.05, 0.1) is 12.2 Å². The second-order valence-corrected chi connectivity index (χ2v) is 8.34. The Balaban J connectivity index is 1.55. The van der Waals surface area contributed by atoms with E-state index in [-0.39, 0.29) is 6.17 Å². The third-order valence-electron chi connectivity index (χ3n) is 5.61. The first kappa shape index (κ1) is 22.8. The molecule has 8 heteroatoms. The first-order valence-electron chi connectivity index (χ1n) is 11.9. The lowest BCUT2D eigenvalue weighted by Crippen LogP contribution is -2.24. The fourth-order valence-electron chi connectivity index (χ4n) is 3.81. The van der Waals surface area contributed by atoms with E-state index in [0.717, 1.165) is 72.6 Å². The van der Waals surface area contributed by atoms with Crippen LogP contribution in [0.5, 0.6) is 0 Å². The Morgan fingerprint density at radius 2 is 1.76 bits per heavy atom. The molecule has 3 aromatic rings. The van der Waals surface area contributed by atoms with Gasteiger partial charge in [0, 0.05) is 30.2 Å². The largest absolute Gasteiger partial charge is 0.256 e. The van der Waals surface area contributed by atoms with Gasteiger partial charge in [-0.1, -0.05) is 62.2 Å². The Bertz CT molecular complexity index is 1110. The second kappa shape index (κ2) is 10.9. The van der Waals surface area contributed by atoms with Crippen molar-refractivity contribution >= 4 is 5.84 Å². The van der Waals surface area contributed by atoms with Crippen molar-refractivity contribution in [3.8, 4) is 11.3 Å². The van der Waals surface area contributed by atoms with E-state index < -0.39 is 0 Å². The molecule has 0 radical (unpaired) electrons. The minimum absolute atomic E-state index is 0.198. The van der Waals surface area contributed by atoms with E-state index in [0.29, 0.717) is 12.4 Å². The van der Waals surface area contributed by atoms with Crippen molar-refractivity contribution < 1.29 is 0 Å². The molecule has 33 heavy (non-hydrogen) atoms. The molecule has 1 aliphatic heterocycles. The fraction of sp³-hybridized carbons (Fsp3) is 0.440. The van der Waals surface area contributed by atoms with Gasteiger partial charge in [-0.05, 0) is 31.4 Å². The van der Waals surface area contributed by atoms with E-state index in [1.54, 1.807) is 0 Å². The summed E-state index contributed by atoms with van der Waals surface area (Å²) in [5.74, 6) is 2.73. The summed E-state index contributed by atoms with van der Waals surface area (Å²) in [6, 6.07) is 12.3. The van der Waals surface area contributed by atoms with Crippen LogP contribution in [0.3, 0.4) is 0 Å². The smallest absolute Gasteiger partial charge is 0.162 e. The molecule has 0 aliphatic carbocycles. The zero-order valence-electron chi connectivity index (χ0n) is 19.7. The molecule has 8 nitrogen and oxygen atoms in total. The van der Waals surface area contributed by atoms with E-state index in [2.05, 4.69) is 57.5 Å². The number of aliphatic imine (C=N–C) groups is 1. The molecule has 172 valence electrons. The number of nitrogens with one attached hydrogen (secondary N) is 1. The van der Waals surface area contributed by atoms with E-state index in [1.165, 1.54) is 0 Å². The van der Waals surface area contributed by atoms with Crippen molar-refractivity contribution in [3.63, 3.8) is 0 Å². The van der Waals surface area contributed by atoms with Crippen LogP contribution in [-0.4, -0.2) is 31.7 Å². The molecule has 3 heterocycles. The highest BCUT2D eigenvalue weighted by atomic mass is 15.5. The van der Waals surface area contributed by atoms with E-state index in [4.69, 9.17) is 15.1 Å². The predicted molar refractivity (Wildman–Crippen MR) is 130 cm³/mol. The van der Waals surface area contributed by atoms with Gasteiger partial charge in [0.1, 0.15) is 5.82 Å². The summed E-state index contributed by atoms with van der Waals surface area (Å²) in [7, 11) is 0. The van der Waals surface area contributed by atoms with Crippen molar-refractivity contribution in [1.82, 2.24) is 25.2 Å². The first-order valence-corrected chi connectivity index (χ1v) is 11.9. The molecule has 1 aliphatic rings. The maximum absolute atomic E-state index is 4.81. The van der Waals surface area contributed by atoms with E-state index in [1.807, 2.05) is 31.3 Å². The number of aryl methyl sites for hydroxylation is 2. The number of pyridine rings is 1. The highest BCUT2D eigenvalue weighted by Crippen LogP contribution is 2.23. The highest BCUT2D eigenvalue weighted by molar-refractivity contribution is 6.04. The van der Waals surface area contributed by atoms with Gasteiger partial charge in [0.15, 0.2) is 17.8 Å². The zero-order valence-corrected chi connectivity index (χ0v) is 19.7. The molecule has 1 aromatic carbocycles. The summed E-state index contributed by atoms with van der Waals surface area (Å²) in [5, 5.41) is 12.8. The van der Waals surface area contributed by atoms with Gasteiger partial charge in [-0.3, -0.25) is 4.98 Å². The molecule has 0 amide bonds. The Kier molecular flexibility index (Phi) is 7.55. The molecular formula is C25H32N8. The second-order valence-electron chi connectivity index (χ2n) is 8.34. The topological polar surface area (TPSA) is 92.7 Å². The van der Waals surface area contributed by atoms with E-state index >= 15 is 0 Å². The van der Waals surface area contributed by atoms with Crippen molar-refractivity contribution in [2.75, 3.05) is 0 Å². The molecule has 0 spiro atoms. The van der Waals surface area contributed by atoms with Crippen LogP contribution in [0.1, 0.15) is 69.2 Å². The standard InChI is InChI=1S/C25H32N8/c1-4-6-12-23-28-24(13-7-5-2)33(31-23)17-19-14-15-22(26-16-19)20-10-8-9-11-21(20)25-27-18(3)29-32-30-25/h8-11,14-16,18H,4-7,12-13,17H2,1-3H3,(H,27,29,30). The third-order valence-corrected chi connectivity index (χ3v) is 5.61. The van der Waals surface area contributed by atoms with Crippen LogP contribution >= 0.6 is 0 Å². The molecule has 0 saturated heterocycles. The Morgan fingerprint density at radius 3 is 2.48 bits per heavy atom. The fourth-order valence-corrected chi connectivity index (χ4v) is 3.81. The number of aromatic nitrogens is 4. The summed E-state index contributed by atoms with van der Waals surface area (Å²) in [4.78, 5) is 14.1. The van der Waals surface area contributed by atoms with Gasteiger partial charge in [-0.25, -0.2) is 20.1 Å². The number of amidine groups is 1. The third kappa shape index (κ3) is 5.69. The average molecular weight is 445 g/mol. The van der Waals surface area contributed by atoms with E-state index in [9.17, 15) is 0 Å². The van der Waals surface area contributed by atoms with Crippen LogP contribution < -0.4 is 5.43 Å². The summed E-state index contributed by atoms with van der Waals surface area (Å²) in [6.45, 7) is 6.99. The highest BCUT2D eigenvalue weighted by Gasteiger charge is 2.16. The van der Waals surface area contributed by atoms with Crippen LogP contribution in [0.2, 0.25) is 0 Å². The Hall–Kier alpha value is -3.42. The molecule has 2 aromatic heterocycles. The maximum Gasteiger partial charge on any atom is 0.162 e. The summed E-state index contributed by atoms with van der Waals surface area (Å²) < 4.78 is 2.05. The zero-order chi connectivity index (χ0) is 23.0. The number of hydrogen-bond donors (Lipinski definition) is 1. The number of rotatable bonds is 10. The minimum Gasteiger partial charge on any atom is -0.256 e. The Morgan fingerprint density at radius 1 is 0.970 bits per heavy atom. The molecule has 0 fully saturated rings. The Labute approximate surface area is 195 Å². The lowest BCUT2D eigenvalue weighted by molar-refractivity contribution is 0.611. The normalized spacial score (nSPS) is 15.4. The molecule has 1 unspecified atom stereocenters. The predicted octanol–water partition coefficient (Wildman–Crippen LogP) is 5.14. The number of nitrogens with zero attached hydrogens (tertiary/aromatic N) is 7. The number of hydrogen-bond acceptors (Lipinski definition) is 7. The maximum atomic E-state index is 4.81. The van der Waals surface area contributed by atoms with Crippen LogP contribution in [0, 0.1) is 0 Å². The average Bonchev–Trinajstić information content (AvgIpc) is 3.23. The lowest BCUT2D eigenvalue weighted by Gasteiger charge is -2.15. The van der Waals surface area contributed by atoms with Gasteiger partial charge in [0.25, 0.3) is 0 Å².